The maximum Gasteiger partial charge on any atom is 0.411 e. The number of amides is 1. The molecule has 1 amide bonds. The van der Waals surface area contributed by atoms with Gasteiger partial charge in [0.2, 0.25) is 6.73 Å². The summed E-state index contributed by atoms with van der Waals surface area (Å²) in [5.74, 6) is 0.223. The number of alkyl carbamates (subject to hydrolysis) is 1. The molecule has 4 heterocycles. The topological polar surface area (TPSA) is 119 Å². The second-order valence-corrected chi connectivity index (χ2v) is 10.2. The highest BCUT2D eigenvalue weighted by Gasteiger charge is 2.37. The van der Waals surface area contributed by atoms with Crippen molar-refractivity contribution in [3.05, 3.63) is 57.1 Å². The number of likely N-dealkylation sites (tertiary alicyclic amines) is 1. The quantitative estimate of drug-likeness (QED) is 0.486. The van der Waals surface area contributed by atoms with Crippen LogP contribution in [0.4, 0.5) is 9.18 Å². The van der Waals surface area contributed by atoms with Gasteiger partial charge in [-0.25, -0.2) is 14.2 Å². The molecule has 2 aliphatic rings. The molecule has 0 radical (unpaired) electrons. The number of carbonyl (C=O) groups is 1. The maximum absolute atomic E-state index is 13.6. The smallest absolute Gasteiger partial charge is 0.399 e. The number of fused-ring (bicyclic) bond motifs is 2. The van der Waals surface area contributed by atoms with Crippen LogP contribution in [0, 0.1) is 12.7 Å². The summed E-state index contributed by atoms with van der Waals surface area (Å²) in [6, 6.07) is 4.47. The third-order valence-electron chi connectivity index (χ3n) is 7.92. The number of hydrogen-bond donors (Lipinski definition) is 2. The largest absolute Gasteiger partial charge is 0.411 e. The molecule has 1 saturated heterocycles. The second-order valence-electron chi connectivity index (χ2n) is 10.2. The van der Waals surface area contributed by atoms with Gasteiger partial charge in [0.15, 0.2) is 5.58 Å². The number of nitrogens with zero attached hydrogens (tertiary/aromatic N) is 4. The van der Waals surface area contributed by atoms with Crippen molar-refractivity contribution in [2.45, 2.75) is 57.6 Å². The van der Waals surface area contributed by atoms with E-state index in [9.17, 15) is 19.1 Å². The summed E-state index contributed by atoms with van der Waals surface area (Å²) < 4.78 is 26.6. The number of rotatable bonds is 6. The van der Waals surface area contributed by atoms with Crippen LogP contribution >= 0.6 is 0 Å². The number of aliphatic hydroxyl groups excluding tert-OH is 1. The van der Waals surface area contributed by atoms with E-state index in [0.717, 1.165) is 30.3 Å². The zero-order valence-corrected chi connectivity index (χ0v) is 21.2. The van der Waals surface area contributed by atoms with E-state index in [4.69, 9.17) is 9.26 Å². The number of aryl methyl sites for hydroxylation is 1. The molecule has 5 rings (SSSR count). The van der Waals surface area contributed by atoms with E-state index in [0.29, 0.717) is 66.2 Å². The molecule has 198 valence electrons. The molecule has 0 spiro atoms. The van der Waals surface area contributed by atoms with Crippen LogP contribution in [0.3, 0.4) is 0 Å². The molecule has 1 atom stereocenters. The molecule has 0 saturated carbocycles. The summed E-state index contributed by atoms with van der Waals surface area (Å²) >= 11 is 0. The minimum atomic E-state index is -0.711. The molecule has 0 aliphatic carbocycles. The highest BCUT2D eigenvalue weighted by Crippen LogP contribution is 2.35. The third kappa shape index (κ3) is 4.97. The van der Waals surface area contributed by atoms with Crippen molar-refractivity contribution in [3.8, 4) is 0 Å². The number of piperidine rings is 1. The monoisotopic (exact) mass is 514 g/mol. The number of carbonyl (C=O) groups excluding carboxylic acids is 1. The van der Waals surface area contributed by atoms with Crippen LogP contribution in [-0.2, 0) is 17.7 Å². The van der Waals surface area contributed by atoms with E-state index in [1.807, 2.05) is 6.92 Å². The van der Waals surface area contributed by atoms with Gasteiger partial charge in [-0.05, 0) is 31.9 Å². The third-order valence-corrected chi connectivity index (χ3v) is 7.92. The number of nitrogens with one attached hydrogen (secondary N) is 1. The van der Waals surface area contributed by atoms with E-state index >= 15 is 0 Å². The molecule has 1 unspecified atom stereocenters. The number of aromatic nitrogens is 3. The predicted octanol–water partition coefficient (Wildman–Crippen LogP) is 2.91. The SMILES string of the molecule is CNC(=O)OC[N+]1(CCc2c(C)nc3n(c2=O)CCCC3O)CCC(c2noc3cc(F)ccc23)CC1. The standard InChI is InChI=1S/C26H32FN5O5/c1-16-19(25(34)31-10-3-4-21(33)24(31)29-16)9-13-32(15-36-26(35)28-2)11-7-17(8-12-32)23-20-6-5-18(27)14-22(20)37-30-23/h5-6,14,17,21,33H,3-4,7-13,15H2,1-2H3/p+1. The summed E-state index contributed by atoms with van der Waals surface area (Å²) in [5, 5.41) is 17.9. The fraction of sp³-hybridized carbons (Fsp3) is 0.538. The Kier molecular flexibility index (Phi) is 7.00. The van der Waals surface area contributed by atoms with Crippen molar-refractivity contribution in [2.75, 3.05) is 33.4 Å². The molecule has 1 fully saturated rings. The lowest BCUT2D eigenvalue weighted by Gasteiger charge is -2.42. The van der Waals surface area contributed by atoms with Gasteiger partial charge in [-0.1, -0.05) is 5.16 Å². The Balaban J connectivity index is 1.35. The Hall–Kier alpha value is -3.31. The molecular formula is C26H33FN5O5+. The average molecular weight is 515 g/mol. The summed E-state index contributed by atoms with van der Waals surface area (Å²) in [7, 11) is 1.52. The van der Waals surface area contributed by atoms with Gasteiger partial charge in [-0.3, -0.25) is 13.8 Å². The van der Waals surface area contributed by atoms with Gasteiger partial charge in [-0.15, -0.1) is 0 Å². The van der Waals surface area contributed by atoms with Crippen LogP contribution in [0.25, 0.3) is 11.0 Å². The molecule has 11 heteroatoms. The lowest BCUT2D eigenvalue weighted by molar-refractivity contribution is -0.947. The second kappa shape index (κ2) is 10.2. The van der Waals surface area contributed by atoms with Crippen molar-refractivity contribution >= 4 is 17.1 Å². The maximum atomic E-state index is 13.6. The van der Waals surface area contributed by atoms with Gasteiger partial charge >= 0.3 is 6.09 Å². The number of hydrogen-bond acceptors (Lipinski definition) is 7. The predicted molar refractivity (Wildman–Crippen MR) is 132 cm³/mol. The molecule has 1 aromatic carbocycles. The Morgan fingerprint density at radius 1 is 1.32 bits per heavy atom. The summed E-state index contributed by atoms with van der Waals surface area (Å²) in [4.78, 5) is 29.8. The van der Waals surface area contributed by atoms with Crippen LogP contribution in [0.2, 0.25) is 0 Å². The van der Waals surface area contributed by atoms with E-state index in [-0.39, 0.29) is 24.0 Å². The molecule has 3 aromatic rings. The summed E-state index contributed by atoms with van der Waals surface area (Å²) in [6.07, 6.45) is 2.19. The summed E-state index contributed by atoms with van der Waals surface area (Å²) in [5.41, 5.74) is 2.44. The van der Waals surface area contributed by atoms with Crippen LogP contribution in [0.5, 0.6) is 0 Å². The van der Waals surface area contributed by atoms with Gasteiger partial charge in [0, 0.05) is 61.5 Å². The first kappa shape index (κ1) is 25.3. The first-order valence-corrected chi connectivity index (χ1v) is 12.8. The van der Waals surface area contributed by atoms with E-state index in [1.54, 1.807) is 10.6 Å². The molecule has 2 aromatic heterocycles. The van der Waals surface area contributed by atoms with E-state index in [2.05, 4.69) is 15.5 Å². The summed E-state index contributed by atoms with van der Waals surface area (Å²) in [6.45, 7) is 4.60. The molecule has 0 bridgehead atoms. The average Bonchev–Trinajstić information content (AvgIpc) is 3.31. The first-order valence-electron chi connectivity index (χ1n) is 12.8. The Morgan fingerprint density at radius 3 is 2.86 bits per heavy atom. The molecular weight excluding hydrogens is 481 g/mol. The van der Waals surface area contributed by atoms with E-state index < -0.39 is 12.2 Å². The minimum Gasteiger partial charge on any atom is -0.399 e. The van der Waals surface area contributed by atoms with E-state index in [1.165, 1.54) is 19.2 Å². The van der Waals surface area contributed by atoms with Crippen molar-refractivity contribution in [1.82, 2.24) is 20.0 Å². The molecule has 2 N–H and O–H groups in total. The Morgan fingerprint density at radius 2 is 2.11 bits per heavy atom. The lowest BCUT2D eigenvalue weighted by atomic mass is 9.90. The van der Waals surface area contributed by atoms with Crippen LogP contribution < -0.4 is 10.9 Å². The number of quaternary nitrogens is 1. The van der Waals surface area contributed by atoms with Crippen molar-refractivity contribution < 1.29 is 28.0 Å². The van der Waals surface area contributed by atoms with Crippen molar-refractivity contribution in [1.29, 1.82) is 0 Å². The number of halogens is 1. The highest BCUT2D eigenvalue weighted by molar-refractivity contribution is 5.79. The van der Waals surface area contributed by atoms with Crippen molar-refractivity contribution in [3.63, 3.8) is 0 Å². The molecule has 10 nitrogen and oxygen atoms in total. The molecule has 37 heavy (non-hydrogen) atoms. The van der Waals surface area contributed by atoms with Gasteiger partial charge in [0.05, 0.1) is 25.3 Å². The zero-order valence-electron chi connectivity index (χ0n) is 21.2. The Labute approximate surface area is 213 Å². The van der Waals surface area contributed by atoms with Gasteiger partial charge in [-0.2, -0.15) is 0 Å². The zero-order chi connectivity index (χ0) is 26.2. The van der Waals surface area contributed by atoms with Crippen LogP contribution in [0.1, 0.15) is 60.5 Å². The van der Waals surface area contributed by atoms with Crippen molar-refractivity contribution in [2.24, 2.45) is 0 Å². The fourth-order valence-corrected chi connectivity index (χ4v) is 5.70. The highest BCUT2D eigenvalue weighted by atomic mass is 19.1. The lowest BCUT2D eigenvalue weighted by Crippen LogP contribution is -2.56. The van der Waals surface area contributed by atoms with Gasteiger partial charge in [0.1, 0.15) is 17.7 Å². The van der Waals surface area contributed by atoms with Gasteiger partial charge < -0.3 is 19.7 Å². The minimum absolute atomic E-state index is 0.0946. The number of ether oxygens (including phenoxy) is 1. The van der Waals surface area contributed by atoms with Crippen LogP contribution in [-0.4, -0.2) is 63.8 Å². The Bertz CT molecular complexity index is 1360. The molecule has 2 aliphatic heterocycles. The van der Waals surface area contributed by atoms with Crippen LogP contribution in [0.15, 0.2) is 27.5 Å². The normalized spacial score (nSPS) is 23.6. The number of aliphatic hydroxyl groups is 1. The number of benzene rings is 1. The fourth-order valence-electron chi connectivity index (χ4n) is 5.70. The van der Waals surface area contributed by atoms with Gasteiger partial charge in [0.25, 0.3) is 5.56 Å². The first-order chi connectivity index (χ1) is 17.8.